The molecule has 3 heteroatoms. The molecule has 0 aliphatic rings. The lowest BCUT2D eigenvalue weighted by molar-refractivity contribution is 0.356. The van der Waals surface area contributed by atoms with E-state index in [0.29, 0.717) is 5.84 Å². The van der Waals surface area contributed by atoms with Gasteiger partial charge in [-0.1, -0.05) is 13.8 Å². The summed E-state index contributed by atoms with van der Waals surface area (Å²) >= 11 is 0. The Kier molecular flexibility index (Phi) is 4.24. The van der Waals surface area contributed by atoms with Crippen LogP contribution in [0.2, 0.25) is 0 Å². The van der Waals surface area contributed by atoms with Crippen LogP contribution in [-0.2, 0) is 0 Å². The van der Waals surface area contributed by atoms with E-state index in [1.54, 1.807) is 0 Å². The second-order valence-electron chi connectivity index (χ2n) is 4.20. The quantitative estimate of drug-likeness (QED) is 0.484. The average molecular weight is 171 g/mol. The Balaban J connectivity index is 3.69. The standard InChI is InChI=1S/C9H21N3/c1-9(2,8(10)11)6-5-7-12(3)4/h5-7H2,1-4H3,(H3,10,11). The van der Waals surface area contributed by atoms with Crippen LogP contribution in [-0.4, -0.2) is 31.4 Å². The molecule has 0 saturated heterocycles. The minimum atomic E-state index is -0.129. The number of nitrogens with zero attached hydrogens (tertiary/aromatic N) is 1. The highest BCUT2D eigenvalue weighted by Gasteiger charge is 2.20. The Morgan fingerprint density at radius 2 is 1.92 bits per heavy atom. The van der Waals surface area contributed by atoms with Crippen molar-refractivity contribution in [3.63, 3.8) is 0 Å². The van der Waals surface area contributed by atoms with E-state index in [4.69, 9.17) is 11.1 Å². The van der Waals surface area contributed by atoms with E-state index in [1.807, 2.05) is 13.8 Å². The number of hydrogen-bond donors (Lipinski definition) is 2. The molecule has 0 spiro atoms. The van der Waals surface area contributed by atoms with E-state index in [1.165, 1.54) is 0 Å². The van der Waals surface area contributed by atoms with Gasteiger partial charge in [-0.25, -0.2) is 0 Å². The van der Waals surface area contributed by atoms with Gasteiger partial charge in [0.05, 0.1) is 5.84 Å². The highest BCUT2D eigenvalue weighted by Crippen LogP contribution is 2.21. The van der Waals surface area contributed by atoms with Gasteiger partial charge in [-0.05, 0) is 33.5 Å². The maximum absolute atomic E-state index is 7.35. The molecule has 0 aromatic rings. The molecule has 0 aromatic heterocycles. The molecule has 0 atom stereocenters. The van der Waals surface area contributed by atoms with E-state index < -0.39 is 0 Å². The Morgan fingerprint density at radius 3 is 2.25 bits per heavy atom. The van der Waals surface area contributed by atoms with Crippen molar-refractivity contribution in [3.8, 4) is 0 Å². The topological polar surface area (TPSA) is 53.1 Å². The van der Waals surface area contributed by atoms with Gasteiger partial charge in [-0.3, -0.25) is 5.41 Å². The number of rotatable bonds is 5. The monoisotopic (exact) mass is 171 g/mol. The molecule has 0 fully saturated rings. The van der Waals surface area contributed by atoms with Crippen molar-refractivity contribution < 1.29 is 0 Å². The molecule has 3 nitrogen and oxygen atoms in total. The SMILES string of the molecule is CN(C)CCCC(C)(C)C(=N)N. The third-order valence-corrected chi connectivity index (χ3v) is 2.14. The Bertz CT molecular complexity index is 150. The Hall–Kier alpha value is -0.570. The van der Waals surface area contributed by atoms with Crippen LogP contribution in [0.5, 0.6) is 0 Å². The van der Waals surface area contributed by atoms with Gasteiger partial charge in [0, 0.05) is 5.41 Å². The van der Waals surface area contributed by atoms with Crippen LogP contribution < -0.4 is 5.73 Å². The van der Waals surface area contributed by atoms with Gasteiger partial charge >= 0.3 is 0 Å². The van der Waals surface area contributed by atoms with Gasteiger partial charge in [0.15, 0.2) is 0 Å². The van der Waals surface area contributed by atoms with E-state index >= 15 is 0 Å². The first kappa shape index (κ1) is 11.4. The summed E-state index contributed by atoms with van der Waals surface area (Å²) < 4.78 is 0. The highest BCUT2D eigenvalue weighted by atomic mass is 15.0. The first-order valence-electron chi connectivity index (χ1n) is 4.35. The van der Waals surface area contributed by atoms with Crippen molar-refractivity contribution >= 4 is 5.84 Å². The van der Waals surface area contributed by atoms with Crippen LogP contribution in [0.1, 0.15) is 26.7 Å². The summed E-state index contributed by atoms with van der Waals surface area (Å²) in [7, 11) is 4.11. The summed E-state index contributed by atoms with van der Waals surface area (Å²) in [5, 5.41) is 7.35. The molecule has 72 valence electrons. The molecule has 0 aliphatic carbocycles. The lowest BCUT2D eigenvalue weighted by atomic mass is 9.86. The van der Waals surface area contributed by atoms with Crippen molar-refractivity contribution in [1.29, 1.82) is 5.41 Å². The van der Waals surface area contributed by atoms with Crippen LogP contribution in [0.4, 0.5) is 0 Å². The van der Waals surface area contributed by atoms with Crippen molar-refractivity contribution in [3.05, 3.63) is 0 Å². The van der Waals surface area contributed by atoms with E-state index in [9.17, 15) is 0 Å². The lowest BCUT2D eigenvalue weighted by Gasteiger charge is -2.23. The molecule has 0 rings (SSSR count). The van der Waals surface area contributed by atoms with Crippen molar-refractivity contribution in [2.45, 2.75) is 26.7 Å². The fourth-order valence-electron chi connectivity index (χ4n) is 0.972. The van der Waals surface area contributed by atoms with Crippen molar-refractivity contribution in [1.82, 2.24) is 4.90 Å². The predicted octanol–water partition coefficient (Wildman–Crippen LogP) is 1.29. The van der Waals surface area contributed by atoms with Gasteiger partial charge in [-0.15, -0.1) is 0 Å². The summed E-state index contributed by atoms with van der Waals surface area (Å²) in [6, 6.07) is 0. The zero-order valence-corrected chi connectivity index (χ0v) is 8.65. The van der Waals surface area contributed by atoms with Gasteiger partial charge in [0.2, 0.25) is 0 Å². The van der Waals surface area contributed by atoms with Gasteiger partial charge in [-0.2, -0.15) is 0 Å². The van der Waals surface area contributed by atoms with Crippen LogP contribution in [0.15, 0.2) is 0 Å². The van der Waals surface area contributed by atoms with Crippen LogP contribution in [0.25, 0.3) is 0 Å². The summed E-state index contributed by atoms with van der Waals surface area (Å²) in [6.45, 7) is 5.10. The van der Waals surface area contributed by atoms with E-state index in [2.05, 4.69) is 19.0 Å². The summed E-state index contributed by atoms with van der Waals surface area (Å²) in [6.07, 6.45) is 2.08. The fourth-order valence-corrected chi connectivity index (χ4v) is 0.972. The molecule has 0 bridgehead atoms. The molecular formula is C9H21N3. The zero-order chi connectivity index (χ0) is 9.78. The third kappa shape index (κ3) is 4.34. The minimum absolute atomic E-state index is 0.129. The molecule has 0 unspecified atom stereocenters. The first-order chi connectivity index (χ1) is 5.36. The second kappa shape index (κ2) is 4.45. The third-order valence-electron chi connectivity index (χ3n) is 2.14. The molecule has 0 heterocycles. The van der Waals surface area contributed by atoms with Crippen LogP contribution >= 0.6 is 0 Å². The summed E-state index contributed by atoms with van der Waals surface area (Å²) in [5.41, 5.74) is 5.33. The Morgan fingerprint density at radius 1 is 1.42 bits per heavy atom. The molecule has 0 radical (unpaired) electrons. The largest absolute Gasteiger partial charge is 0.387 e. The van der Waals surface area contributed by atoms with Gasteiger partial charge in [0.25, 0.3) is 0 Å². The lowest BCUT2D eigenvalue weighted by Crippen LogP contribution is -2.31. The van der Waals surface area contributed by atoms with Crippen molar-refractivity contribution in [2.24, 2.45) is 11.1 Å². The van der Waals surface area contributed by atoms with Gasteiger partial charge < -0.3 is 10.6 Å². The second-order valence-corrected chi connectivity index (χ2v) is 4.20. The fraction of sp³-hybridized carbons (Fsp3) is 0.889. The molecule has 3 N–H and O–H groups in total. The minimum Gasteiger partial charge on any atom is -0.387 e. The number of amidine groups is 1. The molecule has 0 saturated carbocycles. The summed E-state index contributed by atoms with van der Waals surface area (Å²) in [5.74, 6) is 0.293. The molecule has 0 amide bonds. The predicted molar refractivity (Wildman–Crippen MR) is 53.5 cm³/mol. The summed E-state index contributed by atoms with van der Waals surface area (Å²) in [4.78, 5) is 2.15. The molecule has 12 heavy (non-hydrogen) atoms. The Labute approximate surface area is 75.4 Å². The average Bonchev–Trinajstić information content (AvgIpc) is 1.85. The van der Waals surface area contributed by atoms with E-state index in [-0.39, 0.29) is 5.41 Å². The number of hydrogen-bond acceptors (Lipinski definition) is 2. The molecular weight excluding hydrogens is 150 g/mol. The first-order valence-corrected chi connectivity index (χ1v) is 4.35. The van der Waals surface area contributed by atoms with Crippen LogP contribution in [0.3, 0.4) is 0 Å². The molecule has 0 aliphatic heterocycles. The number of nitrogens with one attached hydrogen (secondary N) is 1. The van der Waals surface area contributed by atoms with Crippen molar-refractivity contribution in [2.75, 3.05) is 20.6 Å². The normalized spacial score (nSPS) is 12.1. The highest BCUT2D eigenvalue weighted by molar-refractivity contribution is 5.82. The van der Waals surface area contributed by atoms with Crippen LogP contribution in [0, 0.1) is 10.8 Å². The van der Waals surface area contributed by atoms with Gasteiger partial charge in [0.1, 0.15) is 0 Å². The molecule has 0 aromatic carbocycles. The maximum atomic E-state index is 7.35. The smallest absolute Gasteiger partial charge is 0.0963 e. The maximum Gasteiger partial charge on any atom is 0.0963 e. The zero-order valence-electron chi connectivity index (χ0n) is 8.65. The number of nitrogens with two attached hydrogens (primary N) is 1. The van der Waals surface area contributed by atoms with E-state index in [0.717, 1.165) is 19.4 Å².